The fraction of sp³-hybridized carbons (Fsp3) is 0.500. The number of fused-ring (bicyclic) bond motifs is 1. The molecule has 2 aliphatic carbocycles. The normalized spacial score (nSPS) is 21.2. The van der Waals surface area contributed by atoms with Crippen LogP contribution in [0.5, 0.6) is 0 Å². The fourth-order valence-electron chi connectivity index (χ4n) is 4.91. The van der Waals surface area contributed by atoms with Crippen LogP contribution in [0.1, 0.15) is 36.9 Å². The third-order valence-electron chi connectivity index (χ3n) is 6.37. The van der Waals surface area contributed by atoms with Crippen LogP contribution in [0.25, 0.3) is 5.69 Å². The van der Waals surface area contributed by atoms with Crippen molar-refractivity contribution in [2.24, 2.45) is 5.92 Å². The Morgan fingerprint density at radius 3 is 2.70 bits per heavy atom. The van der Waals surface area contributed by atoms with Gasteiger partial charge in [0.2, 0.25) is 10.0 Å². The summed E-state index contributed by atoms with van der Waals surface area (Å²) in [7, 11) is -1.71. The van der Waals surface area contributed by atoms with Crippen LogP contribution in [-0.2, 0) is 21.2 Å². The molecule has 162 valence electrons. The van der Waals surface area contributed by atoms with E-state index in [2.05, 4.69) is 12.0 Å². The molecule has 0 bridgehead atoms. The SMILES string of the molecule is COCCN(C[C@H]1CCC2=C1[C@@H](C)c1cnn(-c3ccc(F)cc3)c1C2)S(C)(=O)=O. The number of hydrogen-bond donors (Lipinski definition) is 0. The average Bonchev–Trinajstić information content (AvgIpc) is 3.30. The number of sulfonamides is 1. The summed E-state index contributed by atoms with van der Waals surface area (Å²) in [5.74, 6) is 0.138. The first-order valence-electron chi connectivity index (χ1n) is 10.3. The Hall–Kier alpha value is -2.03. The van der Waals surface area contributed by atoms with Gasteiger partial charge < -0.3 is 4.74 Å². The molecule has 4 rings (SSSR count). The van der Waals surface area contributed by atoms with Crippen LogP contribution in [0.15, 0.2) is 41.6 Å². The number of aromatic nitrogens is 2. The number of rotatable bonds is 7. The Morgan fingerprint density at radius 2 is 2.03 bits per heavy atom. The Kier molecular flexibility index (Phi) is 5.83. The second-order valence-electron chi connectivity index (χ2n) is 8.24. The van der Waals surface area contributed by atoms with Gasteiger partial charge in [0, 0.05) is 38.1 Å². The van der Waals surface area contributed by atoms with Crippen LogP contribution in [0.4, 0.5) is 4.39 Å². The van der Waals surface area contributed by atoms with Crippen molar-refractivity contribution in [2.75, 3.05) is 33.1 Å². The molecule has 2 atom stereocenters. The van der Waals surface area contributed by atoms with Crippen LogP contribution in [0.3, 0.4) is 0 Å². The second-order valence-corrected chi connectivity index (χ2v) is 10.2. The lowest BCUT2D eigenvalue weighted by molar-refractivity contribution is 0.175. The number of allylic oxidation sites excluding steroid dienone is 1. The van der Waals surface area contributed by atoms with Gasteiger partial charge in [-0.1, -0.05) is 18.1 Å². The molecular formula is C22H28FN3O3S. The summed E-state index contributed by atoms with van der Waals surface area (Å²) in [5, 5.41) is 4.59. The zero-order chi connectivity index (χ0) is 21.5. The van der Waals surface area contributed by atoms with E-state index in [9.17, 15) is 12.8 Å². The van der Waals surface area contributed by atoms with E-state index < -0.39 is 10.0 Å². The van der Waals surface area contributed by atoms with Crippen LogP contribution in [-0.4, -0.2) is 55.6 Å². The van der Waals surface area contributed by atoms with Crippen molar-refractivity contribution in [3.8, 4) is 5.69 Å². The molecule has 0 saturated carbocycles. The monoisotopic (exact) mass is 433 g/mol. The van der Waals surface area contributed by atoms with Crippen molar-refractivity contribution in [2.45, 2.75) is 32.1 Å². The van der Waals surface area contributed by atoms with E-state index in [1.54, 1.807) is 23.5 Å². The first kappa shape index (κ1) is 21.2. The van der Waals surface area contributed by atoms with Gasteiger partial charge in [-0.3, -0.25) is 0 Å². The Balaban J connectivity index is 1.60. The van der Waals surface area contributed by atoms with Gasteiger partial charge in [-0.05, 0) is 43.0 Å². The first-order valence-corrected chi connectivity index (χ1v) is 12.1. The third kappa shape index (κ3) is 3.96. The van der Waals surface area contributed by atoms with E-state index >= 15 is 0 Å². The molecule has 0 N–H and O–H groups in total. The predicted octanol–water partition coefficient (Wildman–Crippen LogP) is 3.29. The molecule has 0 fully saturated rings. The molecule has 8 heteroatoms. The number of nitrogens with zero attached hydrogens (tertiary/aromatic N) is 3. The zero-order valence-corrected chi connectivity index (χ0v) is 18.5. The number of hydrogen-bond acceptors (Lipinski definition) is 4. The molecule has 0 saturated heterocycles. The van der Waals surface area contributed by atoms with E-state index in [0.717, 1.165) is 30.6 Å². The highest BCUT2D eigenvalue weighted by molar-refractivity contribution is 7.88. The summed E-state index contributed by atoms with van der Waals surface area (Å²) in [6.07, 6.45) is 5.91. The lowest BCUT2D eigenvalue weighted by Gasteiger charge is -2.30. The van der Waals surface area contributed by atoms with Crippen molar-refractivity contribution in [3.05, 3.63) is 58.7 Å². The summed E-state index contributed by atoms with van der Waals surface area (Å²) in [4.78, 5) is 0. The maximum Gasteiger partial charge on any atom is 0.211 e. The Labute approximate surface area is 177 Å². The van der Waals surface area contributed by atoms with Crippen LogP contribution < -0.4 is 0 Å². The van der Waals surface area contributed by atoms with Crippen LogP contribution in [0, 0.1) is 11.7 Å². The average molecular weight is 434 g/mol. The van der Waals surface area contributed by atoms with E-state index in [1.807, 2.05) is 10.9 Å². The molecule has 0 radical (unpaired) electrons. The summed E-state index contributed by atoms with van der Waals surface area (Å²) in [6, 6.07) is 6.39. The highest BCUT2D eigenvalue weighted by atomic mass is 32.2. The third-order valence-corrected chi connectivity index (χ3v) is 7.64. The van der Waals surface area contributed by atoms with Gasteiger partial charge in [-0.25, -0.2) is 17.5 Å². The Bertz CT molecular complexity index is 1060. The topological polar surface area (TPSA) is 64.4 Å². The number of benzene rings is 1. The van der Waals surface area contributed by atoms with Crippen molar-refractivity contribution in [1.82, 2.24) is 14.1 Å². The van der Waals surface area contributed by atoms with E-state index in [4.69, 9.17) is 4.74 Å². The van der Waals surface area contributed by atoms with Gasteiger partial charge in [0.15, 0.2) is 0 Å². The minimum atomic E-state index is -3.29. The summed E-state index contributed by atoms with van der Waals surface area (Å²) in [5.41, 5.74) is 5.93. The molecule has 1 aromatic carbocycles. The quantitative estimate of drug-likeness (QED) is 0.629. The van der Waals surface area contributed by atoms with E-state index in [1.165, 1.54) is 35.1 Å². The number of ether oxygens (including phenoxy) is 1. The van der Waals surface area contributed by atoms with Crippen molar-refractivity contribution < 1.29 is 17.5 Å². The molecule has 0 amide bonds. The van der Waals surface area contributed by atoms with Crippen LogP contribution >= 0.6 is 0 Å². The van der Waals surface area contributed by atoms with Gasteiger partial charge in [-0.2, -0.15) is 9.40 Å². The van der Waals surface area contributed by atoms with Gasteiger partial charge >= 0.3 is 0 Å². The standard InChI is InChI=1S/C22H28FN3O3S/c1-15-20-13-24-26(19-8-6-18(23)7-9-19)21(20)12-16-4-5-17(22(15)16)14-25(10-11-29-2)30(3,27)28/h6-9,13,15,17H,4-5,10-12,14H2,1-3H3/t15-,17+/m0/s1. The Morgan fingerprint density at radius 1 is 1.30 bits per heavy atom. The second kappa shape index (κ2) is 8.24. The van der Waals surface area contributed by atoms with E-state index in [-0.39, 0.29) is 17.7 Å². The van der Waals surface area contributed by atoms with Crippen molar-refractivity contribution in [1.29, 1.82) is 0 Å². The molecular weight excluding hydrogens is 405 g/mol. The molecule has 0 unspecified atom stereocenters. The highest BCUT2D eigenvalue weighted by Gasteiger charge is 2.37. The van der Waals surface area contributed by atoms with Gasteiger partial charge in [-0.15, -0.1) is 0 Å². The van der Waals surface area contributed by atoms with Crippen molar-refractivity contribution >= 4 is 10.0 Å². The van der Waals surface area contributed by atoms with Crippen LogP contribution in [0.2, 0.25) is 0 Å². The molecule has 1 heterocycles. The van der Waals surface area contributed by atoms with Gasteiger partial charge in [0.1, 0.15) is 5.82 Å². The van der Waals surface area contributed by atoms with Crippen molar-refractivity contribution in [3.63, 3.8) is 0 Å². The first-order chi connectivity index (χ1) is 14.3. The predicted molar refractivity (Wildman–Crippen MR) is 114 cm³/mol. The molecule has 2 aliphatic rings. The minimum absolute atomic E-state index is 0.189. The fourth-order valence-corrected chi connectivity index (χ4v) is 5.76. The zero-order valence-electron chi connectivity index (χ0n) is 17.6. The van der Waals surface area contributed by atoms with E-state index in [0.29, 0.717) is 19.7 Å². The largest absolute Gasteiger partial charge is 0.383 e. The van der Waals surface area contributed by atoms with Gasteiger partial charge in [0.25, 0.3) is 0 Å². The molecule has 2 aromatic rings. The molecule has 30 heavy (non-hydrogen) atoms. The maximum atomic E-state index is 13.3. The number of halogens is 1. The lowest BCUT2D eigenvalue weighted by atomic mass is 9.80. The summed E-state index contributed by atoms with van der Waals surface area (Å²) >= 11 is 0. The lowest BCUT2D eigenvalue weighted by Crippen LogP contribution is -2.37. The summed E-state index contributed by atoms with van der Waals surface area (Å²) < 4.78 is 46.4. The molecule has 6 nitrogen and oxygen atoms in total. The molecule has 0 aliphatic heterocycles. The smallest absolute Gasteiger partial charge is 0.211 e. The molecule has 0 spiro atoms. The maximum absolute atomic E-state index is 13.3. The summed E-state index contributed by atoms with van der Waals surface area (Å²) in [6.45, 7) is 3.43. The number of methoxy groups -OCH3 is 1. The minimum Gasteiger partial charge on any atom is -0.383 e. The molecule has 1 aromatic heterocycles. The van der Waals surface area contributed by atoms with Gasteiger partial charge in [0.05, 0.1) is 30.4 Å². The highest BCUT2D eigenvalue weighted by Crippen LogP contribution is 2.47.